The lowest BCUT2D eigenvalue weighted by atomic mass is 9.72. The number of nitrogen functional groups attached to an aromatic ring is 1. The van der Waals surface area contributed by atoms with Crippen LogP contribution in [-0.4, -0.2) is 66.2 Å². The molecule has 1 aromatic carbocycles. The number of anilines is 3. The van der Waals surface area contributed by atoms with Crippen LogP contribution in [0.15, 0.2) is 53.6 Å². The molecule has 43 heavy (non-hydrogen) atoms. The van der Waals surface area contributed by atoms with Crippen LogP contribution in [0.2, 0.25) is 0 Å². The number of aryl methyl sites for hydroxylation is 1. The molecule has 4 heterocycles. The summed E-state index contributed by atoms with van der Waals surface area (Å²) in [4.78, 5) is 29.5. The van der Waals surface area contributed by atoms with Gasteiger partial charge in [0, 0.05) is 49.4 Å². The number of rotatable bonds is 6. The number of hydrogen-bond acceptors (Lipinski definition) is 10. The van der Waals surface area contributed by atoms with Crippen molar-refractivity contribution in [3.05, 3.63) is 70.9 Å². The summed E-state index contributed by atoms with van der Waals surface area (Å²) < 4.78 is 5.94. The molecule has 10 nitrogen and oxygen atoms in total. The number of piperazine rings is 1. The molecule has 0 radical (unpaired) electrons. The molecule has 4 aromatic rings. The lowest BCUT2D eigenvalue weighted by Gasteiger charge is -2.33. The van der Waals surface area contributed by atoms with Crippen LogP contribution in [0.5, 0.6) is 0 Å². The molecular weight excluding hydrogens is 560 g/mol. The first-order chi connectivity index (χ1) is 20.7. The highest BCUT2D eigenvalue weighted by Crippen LogP contribution is 2.48. The molecule has 2 N–H and O–H groups in total. The molecule has 2 aliphatic rings. The van der Waals surface area contributed by atoms with Crippen molar-refractivity contribution in [3.63, 3.8) is 0 Å². The first kappa shape index (κ1) is 28.6. The van der Waals surface area contributed by atoms with Gasteiger partial charge in [-0.2, -0.15) is 10.2 Å². The Labute approximate surface area is 255 Å². The Kier molecular flexibility index (Phi) is 7.50. The van der Waals surface area contributed by atoms with Gasteiger partial charge in [-0.05, 0) is 74.7 Å². The van der Waals surface area contributed by atoms with Crippen molar-refractivity contribution in [2.75, 3.05) is 55.8 Å². The molecule has 11 heteroatoms. The summed E-state index contributed by atoms with van der Waals surface area (Å²) in [6, 6.07) is 14.2. The molecule has 1 aliphatic carbocycles. The van der Waals surface area contributed by atoms with Crippen molar-refractivity contribution < 1.29 is 9.32 Å². The Balaban J connectivity index is 1.43. The topological polar surface area (TPSA) is 128 Å². The first-order valence-electron chi connectivity index (χ1n) is 14.3. The van der Waals surface area contributed by atoms with E-state index in [9.17, 15) is 10.1 Å². The van der Waals surface area contributed by atoms with Crippen molar-refractivity contribution in [2.24, 2.45) is 0 Å². The normalized spacial score (nSPS) is 18.6. The van der Waals surface area contributed by atoms with Crippen LogP contribution < -0.4 is 15.5 Å². The summed E-state index contributed by atoms with van der Waals surface area (Å²) in [5.41, 5.74) is 10.2. The van der Waals surface area contributed by atoms with Crippen molar-refractivity contribution in [3.8, 4) is 28.7 Å². The van der Waals surface area contributed by atoms with Crippen molar-refractivity contribution in [1.29, 1.82) is 5.26 Å². The summed E-state index contributed by atoms with van der Waals surface area (Å²) in [6.45, 7) is 9.23. The summed E-state index contributed by atoms with van der Waals surface area (Å²) in [5, 5.41) is 14.8. The first-order valence-corrected chi connectivity index (χ1v) is 15.2. The van der Waals surface area contributed by atoms with Crippen molar-refractivity contribution in [2.45, 2.75) is 31.6 Å². The number of hydrogen-bond donors (Lipinski definition) is 1. The summed E-state index contributed by atoms with van der Waals surface area (Å²) in [7, 11) is 3.85. The molecule has 1 unspecified atom stereocenters. The third-order valence-corrected chi connectivity index (χ3v) is 9.67. The van der Waals surface area contributed by atoms with E-state index in [1.54, 1.807) is 11.9 Å². The molecule has 0 bridgehead atoms. The molecule has 3 aromatic heterocycles. The van der Waals surface area contributed by atoms with Gasteiger partial charge in [-0.15, -0.1) is 11.3 Å². The highest BCUT2D eigenvalue weighted by molar-refractivity contribution is 7.16. The molecule has 1 aliphatic heterocycles. The highest BCUT2D eigenvalue weighted by atomic mass is 32.1. The number of likely N-dealkylation sites (N-methyl/N-ethyl adjacent to an activating group) is 2. The third-order valence-electron chi connectivity index (χ3n) is 8.59. The smallest absolute Gasteiger partial charge is 0.250 e. The number of amides is 1. The summed E-state index contributed by atoms with van der Waals surface area (Å²) in [6.07, 6.45) is 3.89. The van der Waals surface area contributed by atoms with Gasteiger partial charge in [0.2, 0.25) is 17.6 Å². The molecule has 0 saturated carbocycles. The van der Waals surface area contributed by atoms with Gasteiger partial charge in [-0.3, -0.25) is 4.79 Å². The number of thiophene rings is 1. The van der Waals surface area contributed by atoms with Crippen LogP contribution >= 0.6 is 11.3 Å². The number of nitrogens with two attached hydrogens (primary N) is 1. The van der Waals surface area contributed by atoms with E-state index in [0.29, 0.717) is 28.0 Å². The Morgan fingerprint density at radius 3 is 2.74 bits per heavy atom. The minimum absolute atomic E-state index is 0.184. The van der Waals surface area contributed by atoms with Gasteiger partial charge >= 0.3 is 0 Å². The van der Waals surface area contributed by atoms with Crippen LogP contribution in [-0.2, 0) is 16.6 Å². The highest BCUT2D eigenvalue weighted by Gasteiger charge is 2.43. The predicted octanol–water partition coefficient (Wildman–Crippen LogP) is 4.86. The zero-order valence-corrected chi connectivity index (χ0v) is 25.4. The minimum atomic E-state index is -0.619. The van der Waals surface area contributed by atoms with Gasteiger partial charge in [-0.25, -0.2) is 4.98 Å². The van der Waals surface area contributed by atoms with Gasteiger partial charge in [0.15, 0.2) is 0 Å². The fourth-order valence-corrected chi connectivity index (χ4v) is 7.21. The maximum Gasteiger partial charge on any atom is 0.250 e. The average Bonchev–Trinajstić information content (AvgIpc) is 3.66. The van der Waals surface area contributed by atoms with E-state index in [2.05, 4.69) is 47.6 Å². The van der Waals surface area contributed by atoms with E-state index in [1.807, 2.05) is 30.3 Å². The molecule has 1 fully saturated rings. The van der Waals surface area contributed by atoms with E-state index < -0.39 is 5.41 Å². The maximum absolute atomic E-state index is 12.3. The molecule has 0 spiro atoms. The van der Waals surface area contributed by atoms with E-state index >= 15 is 0 Å². The second-order valence-electron chi connectivity index (χ2n) is 11.4. The largest absolute Gasteiger partial charge is 0.389 e. The van der Waals surface area contributed by atoms with Gasteiger partial charge < -0.3 is 25.0 Å². The molecular formula is C32H34N8O2S. The monoisotopic (exact) mass is 594 g/mol. The van der Waals surface area contributed by atoms with E-state index in [1.165, 1.54) is 17.4 Å². The number of aromatic nitrogens is 3. The Bertz CT molecular complexity index is 1750. The number of fused-ring (bicyclic) bond motifs is 1. The average molecular weight is 595 g/mol. The molecule has 220 valence electrons. The molecule has 6 rings (SSSR count). The molecule has 1 saturated heterocycles. The van der Waals surface area contributed by atoms with Crippen LogP contribution in [0.1, 0.15) is 41.7 Å². The number of carbonyl (C=O) groups excluding carboxylic acids is 1. The molecule has 1 atom stereocenters. The van der Waals surface area contributed by atoms with Crippen LogP contribution in [0.3, 0.4) is 0 Å². The molecule has 1 amide bonds. The SMILES string of the molecule is C=CC(=O)N(C)c1cccc(-c2cc(-c3noc(C4(C)CCCc5sc(N)c(C#N)c54)n3)nc(N3CCN(C)CC3)c2)c1. The van der Waals surface area contributed by atoms with Crippen LogP contribution in [0, 0.1) is 11.3 Å². The number of pyridine rings is 1. The van der Waals surface area contributed by atoms with Gasteiger partial charge in [0.05, 0.1) is 11.0 Å². The Morgan fingerprint density at radius 1 is 1.21 bits per heavy atom. The number of benzene rings is 1. The third kappa shape index (κ3) is 5.17. The van der Waals surface area contributed by atoms with E-state index in [4.69, 9.17) is 20.2 Å². The Morgan fingerprint density at radius 2 is 2.00 bits per heavy atom. The van der Waals surface area contributed by atoms with Crippen molar-refractivity contribution in [1.82, 2.24) is 20.0 Å². The lowest BCUT2D eigenvalue weighted by molar-refractivity contribution is -0.113. The fraction of sp³-hybridized carbons (Fsp3) is 0.344. The zero-order chi connectivity index (χ0) is 30.3. The van der Waals surface area contributed by atoms with E-state index in [-0.39, 0.29) is 5.91 Å². The quantitative estimate of drug-likeness (QED) is 0.311. The van der Waals surface area contributed by atoms with Crippen LogP contribution in [0.4, 0.5) is 16.5 Å². The Hall–Kier alpha value is -4.53. The second-order valence-corrected chi connectivity index (χ2v) is 12.5. The van der Waals surface area contributed by atoms with Gasteiger partial charge in [-0.1, -0.05) is 23.9 Å². The number of carbonyl (C=O) groups is 1. The standard InChI is InChI=1S/C32H34N8O2S/c1-5-27(41)39(4)22-9-6-8-20(16-22)21-17-24(35-26(18-21)40-14-12-38(3)13-15-40)30-36-31(42-37-30)32(2)11-7-10-25-28(32)23(19-33)29(34)43-25/h5-6,8-9,16-18H,1,7,10-15,34H2,2-4H3. The lowest BCUT2D eigenvalue weighted by Crippen LogP contribution is -2.44. The number of nitriles is 1. The summed E-state index contributed by atoms with van der Waals surface area (Å²) in [5.74, 6) is 1.49. The van der Waals surface area contributed by atoms with Crippen molar-refractivity contribution >= 4 is 33.8 Å². The second kappa shape index (κ2) is 11.3. The maximum atomic E-state index is 12.3. The van der Waals surface area contributed by atoms with Gasteiger partial charge in [0.1, 0.15) is 22.6 Å². The predicted molar refractivity (Wildman–Crippen MR) is 169 cm³/mol. The van der Waals surface area contributed by atoms with Gasteiger partial charge in [0.25, 0.3) is 0 Å². The minimum Gasteiger partial charge on any atom is -0.389 e. The van der Waals surface area contributed by atoms with Crippen LogP contribution in [0.25, 0.3) is 22.6 Å². The zero-order valence-electron chi connectivity index (χ0n) is 24.6. The number of nitrogens with zero attached hydrogens (tertiary/aromatic N) is 7. The fourth-order valence-electron chi connectivity index (χ4n) is 6.01. The van der Waals surface area contributed by atoms with E-state index in [0.717, 1.165) is 78.5 Å². The summed E-state index contributed by atoms with van der Waals surface area (Å²) >= 11 is 1.48.